The average Bonchev–Trinajstić information content (AvgIpc) is 2.97. The first-order chi connectivity index (χ1) is 10.1. The van der Waals surface area contributed by atoms with E-state index in [1.165, 1.54) is 5.56 Å². The molecule has 0 bridgehead atoms. The van der Waals surface area contributed by atoms with Crippen LogP contribution >= 0.6 is 0 Å². The Morgan fingerprint density at radius 2 is 2.05 bits per heavy atom. The van der Waals surface area contributed by atoms with Gasteiger partial charge in [-0.2, -0.15) is 5.10 Å². The summed E-state index contributed by atoms with van der Waals surface area (Å²) in [7, 11) is 1.93. The van der Waals surface area contributed by atoms with E-state index in [0.29, 0.717) is 18.9 Å². The fourth-order valence-electron chi connectivity index (χ4n) is 3.00. The molecule has 1 fully saturated rings. The van der Waals surface area contributed by atoms with Crippen LogP contribution in [-0.2, 0) is 24.8 Å². The summed E-state index contributed by atoms with van der Waals surface area (Å²) in [6.07, 6.45) is 3.51. The second-order valence-electron chi connectivity index (χ2n) is 5.91. The monoisotopic (exact) mass is 283 g/mol. The number of rotatable bonds is 4. The van der Waals surface area contributed by atoms with E-state index >= 15 is 0 Å². The van der Waals surface area contributed by atoms with Crippen molar-refractivity contribution in [1.82, 2.24) is 14.7 Å². The minimum atomic E-state index is 0.263. The molecule has 1 aromatic carbocycles. The van der Waals surface area contributed by atoms with E-state index < -0.39 is 0 Å². The van der Waals surface area contributed by atoms with Gasteiger partial charge in [-0.1, -0.05) is 30.3 Å². The Hall–Kier alpha value is -2.10. The molecule has 3 rings (SSSR count). The largest absolute Gasteiger partial charge is 0.338 e. The van der Waals surface area contributed by atoms with Crippen molar-refractivity contribution in [3.8, 4) is 0 Å². The molecule has 0 spiro atoms. The maximum atomic E-state index is 12.2. The lowest BCUT2D eigenvalue weighted by Crippen LogP contribution is -2.25. The third kappa shape index (κ3) is 2.99. The summed E-state index contributed by atoms with van der Waals surface area (Å²) in [5.41, 5.74) is 3.59. The zero-order valence-electron chi connectivity index (χ0n) is 12.6. The van der Waals surface area contributed by atoms with E-state index in [9.17, 15) is 4.79 Å². The highest BCUT2D eigenvalue weighted by Gasteiger charge is 2.30. The predicted molar refractivity (Wildman–Crippen MR) is 81.6 cm³/mol. The van der Waals surface area contributed by atoms with Gasteiger partial charge < -0.3 is 4.90 Å². The molecular formula is C17H21N3O. The molecule has 110 valence electrons. The number of aryl methyl sites for hydroxylation is 1. The van der Waals surface area contributed by atoms with E-state index in [-0.39, 0.29) is 5.91 Å². The van der Waals surface area contributed by atoms with Crippen LogP contribution in [0.2, 0.25) is 0 Å². The van der Waals surface area contributed by atoms with Crippen molar-refractivity contribution < 1.29 is 4.79 Å². The molecule has 4 heteroatoms. The smallest absolute Gasteiger partial charge is 0.223 e. The molecule has 4 nitrogen and oxygen atoms in total. The fourth-order valence-corrected chi connectivity index (χ4v) is 3.00. The summed E-state index contributed by atoms with van der Waals surface area (Å²) in [6, 6.07) is 10.4. The van der Waals surface area contributed by atoms with Crippen LogP contribution in [0.25, 0.3) is 0 Å². The zero-order chi connectivity index (χ0) is 14.8. The normalized spacial score (nSPS) is 18.5. The van der Waals surface area contributed by atoms with Crippen LogP contribution in [0.15, 0.2) is 36.5 Å². The van der Waals surface area contributed by atoms with Crippen LogP contribution in [0.3, 0.4) is 0 Å². The quantitative estimate of drug-likeness (QED) is 0.863. The van der Waals surface area contributed by atoms with Crippen LogP contribution < -0.4 is 0 Å². The van der Waals surface area contributed by atoms with E-state index in [0.717, 1.165) is 24.2 Å². The van der Waals surface area contributed by atoms with E-state index in [1.54, 1.807) is 0 Å². The third-order valence-electron chi connectivity index (χ3n) is 4.36. The van der Waals surface area contributed by atoms with Crippen LogP contribution in [0.4, 0.5) is 0 Å². The maximum absolute atomic E-state index is 12.2. The van der Waals surface area contributed by atoms with Gasteiger partial charge in [0.1, 0.15) is 0 Å². The number of carbonyl (C=O) groups excluding carboxylic acids is 1. The molecule has 1 amide bonds. The number of amides is 1. The van der Waals surface area contributed by atoms with Gasteiger partial charge in [0.2, 0.25) is 5.91 Å². The Kier molecular flexibility index (Phi) is 3.78. The Morgan fingerprint density at radius 1 is 1.29 bits per heavy atom. The molecule has 0 radical (unpaired) electrons. The predicted octanol–water partition coefficient (Wildman–Crippen LogP) is 2.32. The summed E-state index contributed by atoms with van der Waals surface area (Å²) in [4.78, 5) is 14.2. The number of benzene rings is 1. The average molecular weight is 283 g/mol. The highest BCUT2D eigenvalue weighted by atomic mass is 16.2. The first-order valence-corrected chi connectivity index (χ1v) is 7.42. The van der Waals surface area contributed by atoms with Gasteiger partial charge in [-0.15, -0.1) is 0 Å². The van der Waals surface area contributed by atoms with Crippen molar-refractivity contribution in [2.24, 2.45) is 13.0 Å². The second-order valence-corrected chi connectivity index (χ2v) is 5.91. The van der Waals surface area contributed by atoms with Crippen molar-refractivity contribution in [3.05, 3.63) is 53.3 Å². The highest BCUT2D eigenvalue weighted by Crippen LogP contribution is 2.24. The van der Waals surface area contributed by atoms with Crippen molar-refractivity contribution in [2.45, 2.75) is 26.3 Å². The highest BCUT2D eigenvalue weighted by molar-refractivity contribution is 5.78. The zero-order valence-corrected chi connectivity index (χ0v) is 12.6. The van der Waals surface area contributed by atoms with Gasteiger partial charge in [0.25, 0.3) is 0 Å². The van der Waals surface area contributed by atoms with Crippen molar-refractivity contribution in [2.75, 3.05) is 6.54 Å². The summed E-state index contributed by atoms with van der Waals surface area (Å²) >= 11 is 0. The molecule has 0 unspecified atom stereocenters. The van der Waals surface area contributed by atoms with Crippen molar-refractivity contribution >= 4 is 5.91 Å². The van der Waals surface area contributed by atoms with Crippen molar-refractivity contribution in [1.29, 1.82) is 0 Å². The lowest BCUT2D eigenvalue weighted by Gasteiger charge is -2.16. The summed E-state index contributed by atoms with van der Waals surface area (Å²) in [5.74, 6) is 0.691. The van der Waals surface area contributed by atoms with Crippen LogP contribution in [0.5, 0.6) is 0 Å². The molecule has 2 heterocycles. The Bertz CT molecular complexity index is 633. The van der Waals surface area contributed by atoms with Gasteiger partial charge in [-0.3, -0.25) is 9.48 Å². The number of likely N-dealkylation sites (tertiary alicyclic amines) is 1. The fraction of sp³-hybridized carbons (Fsp3) is 0.412. The van der Waals surface area contributed by atoms with Gasteiger partial charge >= 0.3 is 0 Å². The molecule has 2 aromatic rings. The van der Waals surface area contributed by atoms with Crippen LogP contribution in [-0.4, -0.2) is 27.1 Å². The molecule has 1 aliphatic rings. The standard InChI is InChI=1S/C17H21N3O/c1-13-16(10-18-19(13)2)12-20-11-15(9-17(20)21)8-14-6-4-3-5-7-14/h3-7,10,15H,8-9,11-12H2,1-2H3/t15-/m0/s1. The number of carbonyl (C=O) groups is 1. The first kappa shape index (κ1) is 13.9. The van der Waals surface area contributed by atoms with Gasteiger partial charge in [0.05, 0.1) is 6.20 Å². The van der Waals surface area contributed by atoms with E-state index in [1.807, 2.05) is 35.8 Å². The first-order valence-electron chi connectivity index (χ1n) is 7.42. The number of aromatic nitrogens is 2. The molecule has 1 aliphatic heterocycles. The van der Waals surface area contributed by atoms with Crippen LogP contribution in [0.1, 0.15) is 23.2 Å². The van der Waals surface area contributed by atoms with Crippen LogP contribution in [0, 0.1) is 12.8 Å². The van der Waals surface area contributed by atoms with Crippen molar-refractivity contribution in [3.63, 3.8) is 0 Å². The summed E-state index contributed by atoms with van der Waals surface area (Å²) < 4.78 is 1.86. The summed E-state index contributed by atoms with van der Waals surface area (Å²) in [5, 5.41) is 4.25. The Morgan fingerprint density at radius 3 is 2.71 bits per heavy atom. The minimum absolute atomic E-state index is 0.263. The number of nitrogens with zero attached hydrogens (tertiary/aromatic N) is 3. The molecule has 1 aromatic heterocycles. The summed E-state index contributed by atoms with van der Waals surface area (Å²) in [6.45, 7) is 3.58. The number of hydrogen-bond donors (Lipinski definition) is 0. The SMILES string of the molecule is Cc1c(CN2C[C@@H](Cc3ccccc3)CC2=O)cnn1C. The topological polar surface area (TPSA) is 38.1 Å². The Labute approximate surface area is 125 Å². The lowest BCUT2D eigenvalue weighted by atomic mass is 9.99. The molecule has 0 N–H and O–H groups in total. The minimum Gasteiger partial charge on any atom is -0.338 e. The molecule has 0 saturated carbocycles. The molecule has 1 saturated heterocycles. The second kappa shape index (κ2) is 5.72. The van der Waals surface area contributed by atoms with Gasteiger partial charge in [-0.25, -0.2) is 0 Å². The molecule has 1 atom stereocenters. The van der Waals surface area contributed by atoms with E-state index in [4.69, 9.17) is 0 Å². The maximum Gasteiger partial charge on any atom is 0.223 e. The third-order valence-corrected chi connectivity index (χ3v) is 4.36. The van der Waals surface area contributed by atoms with Gasteiger partial charge in [0.15, 0.2) is 0 Å². The van der Waals surface area contributed by atoms with Gasteiger partial charge in [-0.05, 0) is 24.8 Å². The lowest BCUT2D eigenvalue weighted by molar-refractivity contribution is -0.128. The molecule has 21 heavy (non-hydrogen) atoms. The Balaban J connectivity index is 1.64. The molecule has 0 aliphatic carbocycles. The van der Waals surface area contributed by atoms with E-state index in [2.05, 4.69) is 29.4 Å². The molecular weight excluding hydrogens is 262 g/mol. The van der Waals surface area contributed by atoms with Gasteiger partial charge in [0, 0.05) is 37.8 Å². The number of hydrogen-bond acceptors (Lipinski definition) is 2.